The lowest BCUT2D eigenvalue weighted by Crippen LogP contribution is -2.25. The van der Waals surface area contributed by atoms with Gasteiger partial charge in [0, 0.05) is 12.3 Å². The Hall–Kier alpha value is -1.23. The van der Waals surface area contributed by atoms with E-state index < -0.39 is 0 Å². The number of hydrogen-bond acceptors (Lipinski definition) is 5. The van der Waals surface area contributed by atoms with Crippen LogP contribution in [0.4, 0.5) is 0 Å². The summed E-state index contributed by atoms with van der Waals surface area (Å²) in [6.07, 6.45) is 2.72. The Labute approximate surface area is 86.8 Å². The molecule has 3 rings (SSSR count). The molecule has 2 aliphatic rings. The van der Waals surface area contributed by atoms with Crippen molar-refractivity contribution in [2.45, 2.75) is 31.1 Å². The quantitative estimate of drug-likeness (QED) is 0.726. The number of ether oxygens (including phenoxy) is 1. The molecule has 0 amide bonds. The second-order valence-corrected chi connectivity index (χ2v) is 4.11. The van der Waals surface area contributed by atoms with Crippen molar-refractivity contribution in [1.82, 2.24) is 10.1 Å². The van der Waals surface area contributed by atoms with E-state index in [1.165, 1.54) is 0 Å². The fraction of sp³-hybridized carbons (Fsp3) is 0.700. The Bertz CT molecular complexity index is 384. The van der Waals surface area contributed by atoms with Crippen LogP contribution in [-0.4, -0.2) is 29.1 Å². The third-order valence-electron chi connectivity index (χ3n) is 2.86. The minimum atomic E-state index is -0.334. The maximum atomic E-state index is 11.6. The highest BCUT2D eigenvalue weighted by Gasteiger charge is 2.33. The molecule has 0 bridgehead atoms. The van der Waals surface area contributed by atoms with Gasteiger partial charge in [0.15, 0.2) is 5.82 Å². The number of hydrogen-bond donors (Lipinski definition) is 0. The fourth-order valence-electron chi connectivity index (χ4n) is 1.75. The van der Waals surface area contributed by atoms with Crippen LogP contribution in [0.1, 0.15) is 42.8 Å². The molecule has 80 valence electrons. The summed E-state index contributed by atoms with van der Waals surface area (Å²) in [5.41, 5.74) is 0. The largest absolute Gasteiger partial charge is 0.380 e. The van der Waals surface area contributed by atoms with Crippen LogP contribution in [0.3, 0.4) is 0 Å². The van der Waals surface area contributed by atoms with Gasteiger partial charge in [-0.15, -0.1) is 0 Å². The van der Waals surface area contributed by atoms with Crippen molar-refractivity contribution in [2.24, 2.45) is 0 Å². The Morgan fingerprint density at radius 1 is 1.33 bits per heavy atom. The average Bonchev–Trinajstić information content (AvgIpc) is 2.99. The van der Waals surface area contributed by atoms with Crippen LogP contribution in [0.5, 0.6) is 0 Å². The topological polar surface area (TPSA) is 65.2 Å². The summed E-state index contributed by atoms with van der Waals surface area (Å²) in [7, 11) is 0. The van der Waals surface area contributed by atoms with Gasteiger partial charge in [-0.25, -0.2) is 0 Å². The van der Waals surface area contributed by atoms with Crippen molar-refractivity contribution in [3.05, 3.63) is 11.7 Å². The first kappa shape index (κ1) is 9.03. The number of nitrogens with zero attached hydrogens (tertiary/aromatic N) is 2. The van der Waals surface area contributed by atoms with Crippen LogP contribution in [0.2, 0.25) is 0 Å². The van der Waals surface area contributed by atoms with Gasteiger partial charge in [0.1, 0.15) is 11.7 Å². The summed E-state index contributed by atoms with van der Waals surface area (Å²) < 4.78 is 10.4. The van der Waals surface area contributed by atoms with Crippen molar-refractivity contribution in [3.63, 3.8) is 0 Å². The van der Waals surface area contributed by atoms with Gasteiger partial charge in [0.2, 0.25) is 5.89 Å². The normalized spacial score (nSPS) is 26.9. The number of carbonyl (C=O) groups is 1. The minimum Gasteiger partial charge on any atom is -0.380 e. The van der Waals surface area contributed by atoms with Crippen molar-refractivity contribution in [1.29, 1.82) is 0 Å². The van der Waals surface area contributed by atoms with E-state index in [0.29, 0.717) is 31.4 Å². The van der Waals surface area contributed by atoms with Gasteiger partial charge in [-0.3, -0.25) is 4.79 Å². The molecule has 1 aromatic rings. The summed E-state index contributed by atoms with van der Waals surface area (Å²) in [4.78, 5) is 15.8. The maximum Gasteiger partial charge on any atom is 0.239 e. The Balaban J connectivity index is 1.80. The standard InChI is InChI=1S/C10H12N2O3/c13-8-3-4-14-5-7(8)10-11-9(12-15-10)6-1-2-6/h6-7H,1-5H2. The van der Waals surface area contributed by atoms with E-state index in [-0.39, 0.29) is 11.7 Å². The molecule has 0 aromatic carbocycles. The van der Waals surface area contributed by atoms with E-state index in [1.807, 2.05) is 0 Å². The molecule has 0 N–H and O–H groups in total. The molecule has 1 aliphatic carbocycles. The first-order chi connectivity index (χ1) is 7.34. The van der Waals surface area contributed by atoms with E-state index in [4.69, 9.17) is 9.26 Å². The van der Waals surface area contributed by atoms with Gasteiger partial charge >= 0.3 is 0 Å². The third-order valence-corrected chi connectivity index (χ3v) is 2.86. The molecule has 2 heterocycles. The van der Waals surface area contributed by atoms with E-state index in [0.717, 1.165) is 18.7 Å². The van der Waals surface area contributed by atoms with Gasteiger partial charge in [-0.1, -0.05) is 5.16 Å². The van der Waals surface area contributed by atoms with E-state index >= 15 is 0 Å². The second kappa shape index (κ2) is 3.41. The Kier molecular flexibility index (Phi) is 2.05. The molecule has 1 unspecified atom stereocenters. The van der Waals surface area contributed by atoms with Crippen molar-refractivity contribution in [2.75, 3.05) is 13.2 Å². The van der Waals surface area contributed by atoms with Crippen molar-refractivity contribution in [3.8, 4) is 0 Å². The molecule has 1 saturated carbocycles. The van der Waals surface area contributed by atoms with Crippen LogP contribution in [0, 0.1) is 0 Å². The minimum absolute atomic E-state index is 0.146. The molecule has 1 aliphatic heterocycles. The van der Waals surface area contributed by atoms with E-state index in [1.54, 1.807) is 0 Å². The average molecular weight is 208 g/mol. The van der Waals surface area contributed by atoms with Gasteiger partial charge < -0.3 is 9.26 Å². The van der Waals surface area contributed by atoms with Crippen LogP contribution < -0.4 is 0 Å². The van der Waals surface area contributed by atoms with Gasteiger partial charge in [0.25, 0.3) is 0 Å². The van der Waals surface area contributed by atoms with Crippen LogP contribution in [-0.2, 0) is 9.53 Å². The number of ketones is 1. The van der Waals surface area contributed by atoms with Gasteiger partial charge in [-0.2, -0.15) is 4.98 Å². The highest BCUT2D eigenvalue weighted by molar-refractivity contribution is 5.85. The number of rotatable bonds is 2. The van der Waals surface area contributed by atoms with Crippen LogP contribution >= 0.6 is 0 Å². The SMILES string of the molecule is O=C1CCOCC1c1nc(C2CC2)no1. The van der Waals surface area contributed by atoms with E-state index in [9.17, 15) is 4.79 Å². The second-order valence-electron chi connectivity index (χ2n) is 4.11. The molecule has 1 saturated heterocycles. The molecule has 5 heteroatoms. The molecule has 0 spiro atoms. The van der Waals surface area contributed by atoms with E-state index in [2.05, 4.69) is 10.1 Å². The molecular formula is C10H12N2O3. The number of carbonyl (C=O) groups excluding carboxylic acids is 1. The Morgan fingerprint density at radius 2 is 2.20 bits per heavy atom. The van der Waals surface area contributed by atoms with Crippen LogP contribution in [0.25, 0.3) is 0 Å². The molecule has 1 aromatic heterocycles. The zero-order valence-electron chi connectivity index (χ0n) is 8.31. The third kappa shape index (κ3) is 1.67. The van der Waals surface area contributed by atoms with Crippen LogP contribution in [0.15, 0.2) is 4.52 Å². The number of aromatic nitrogens is 2. The fourth-order valence-corrected chi connectivity index (χ4v) is 1.75. The summed E-state index contributed by atoms with van der Waals surface area (Å²) in [6.45, 7) is 0.893. The molecule has 2 fully saturated rings. The summed E-state index contributed by atoms with van der Waals surface area (Å²) in [6, 6.07) is 0. The summed E-state index contributed by atoms with van der Waals surface area (Å²) in [5, 5.41) is 3.89. The van der Waals surface area contributed by atoms with Crippen molar-refractivity contribution < 1.29 is 14.1 Å². The molecule has 1 atom stereocenters. The predicted molar refractivity (Wildman–Crippen MR) is 49.5 cm³/mol. The monoisotopic (exact) mass is 208 g/mol. The Morgan fingerprint density at radius 3 is 2.93 bits per heavy atom. The van der Waals surface area contributed by atoms with Crippen molar-refractivity contribution >= 4 is 5.78 Å². The van der Waals surface area contributed by atoms with Gasteiger partial charge in [-0.05, 0) is 12.8 Å². The highest BCUT2D eigenvalue weighted by atomic mass is 16.5. The molecule has 0 radical (unpaired) electrons. The smallest absolute Gasteiger partial charge is 0.239 e. The van der Waals surface area contributed by atoms with Gasteiger partial charge in [0.05, 0.1) is 13.2 Å². The predicted octanol–water partition coefficient (Wildman–Crippen LogP) is 1.02. The molecule has 5 nitrogen and oxygen atoms in total. The highest BCUT2D eigenvalue weighted by Crippen LogP contribution is 2.38. The summed E-state index contributed by atoms with van der Waals surface area (Å²) >= 11 is 0. The first-order valence-electron chi connectivity index (χ1n) is 5.28. The zero-order chi connectivity index (χ0) is 10.3. The lowest BCUT2D eigenvalue weighted by atomic mass is 10.0. The zero-order valence-corrected chi connectivity index (χ0v) is 8.31. The molecule has 15 heavy (non-hydrogen) atoms. The first-order valence-corrected chi connectivity index (χ1v) is 5.28. The maximum absolute atomic E-state index is 11.6. The lowest BCUT2D eigenvalue weighted by Gasteiger charge is -2.16. The molecular weight excluding hydrogens is 196 g/mol. The lowest BCUT2D eigenvalue weighted by molar-refractivity contribution is -0.127. The summed E-state index contributed by atoms with van der Waals surface area (Å²) in [5.74, 6) is 1.46. The number of Topliss-reactive ketones (excluding diaryl/α,β-unsaturated/α-hetero) is 1.